The molecule has 2 aromatic rings. The number of rotatable bonds is 4. The highest BCUT2D eigenvalue weighted by Gasteiger charge is 2.19. The Kier molecular flexibility index (Phi) is 4.26. The van der Waals surface area contributed by atoms with E-state index in [1.54, 1.807) is 0 Å². The molecule has 21 heavy (non-hydrogen) atoms. The molecule has 0 unspecified atom stereocenters. The Hall–Kier alpha value is -1.97. The summed E-state index contributed by atoms with van der Waals surface area (Å²) in [4.78, 5) is 17.0. The molecule has 1 heterocycles. The first kappa shape index (κ1) is 15.4. The fraction of sp³-hybridized carbons (Fsp3) is 0. The molecule has 8 nitrogen and oxygen atoms in total. The Labute approximate surface area is 128 Å². The fourth-order valence-electron chi connectivity index (χ4n) is 1.35. The number of nitrogens with zero attached hydrogens (tertiary/aromatic N) is 3. The molecule has 0 aliphatic carbocycles. The van der Waals surface area contributed by atoms with Crippen molar-refractivity contribution in [2.75, 3.05) is 4.72 Å². The number of non-ortho nitro benzene ring substituents is 1. The first-order valence-corrected chi connectivity index (χ1v) is 7.48. The monoisotopic (exact) mass is 348 g/mol. The van der Waals surface area contributed by atoms with Crippen molar-refractivity contribution in [3.05, 3.63) is 50.9 Å². The minimum absolute atomic E-state index is 0.104. The van der Waals surface area contributed by atoms with Crippen molar-refractivity contribution in [1.29, 1.82) is 0 Å². The molecular formula is C10H6Cl2N4O4S. The number of nitrogens with one attached hydrogen (secondary N) is 1. The van der Waals surface area contributed by atoms with E-state index in [1.807, 2.05) is 0 Å². The van der Waals surface area contributed by atoms with E-state index < -0.39 is 14.9 Å². The molecule has 0 fully saturated rings. The van der Waals surface area contributed by atoms with Crippen molar-refractivity contribution < 1.29 is 13.3 Å². The zero-order chi connectivity index (χ0) is 15.6. The van der Waals surface area contributed by atoms with Crippen LogP contribution in [0.25, 0.3) is 0 Å². The van der Waals surface area contributed by atoms with Gasteiger partial charge in [-0.3, -0.25) is 14.8 Å². The molecule has 0 aliphatic heterocycles. The predicted octanol–water partition coefficient (Wildman–Crippen LogP) is 2.49. The first-order chi connectivity index (χ1) is 9.81. The van der Waals surface area contributed by atoms with Crippen LogP contribution in [0.2, 0.25) is 10.2 Å². The molecule has 0 saturated carbocycles. The highest BCUT2D eigenvalue weighted by atomic mass is 35.5. The van der Waals surface area contributed by atoms with Crippen LogP contribution in [0.5, 0.6) is 0 Å². The molecule has 11 heteroatoms. The van der Waals surface area contributed by atoms with Crippen LogP contribution in [-0.2, 0) is 10.0 Å². The Bertz CT molecular complexity index is 795. The topological polar surface area (TPSA) is 115 Å². The summed E-state index contributed by atoms with van der Waals surface area (Å²) >= 11 is 11.4. The molecular weight excluding hydrogens is 343 g/mol. The Morgan fingerprint density at radius 1 is 1.14 bits per heavy atom. The summed E-state index contributed by atoms with van der Waals surface area (Å²) in [5.74, 6) is -0.185. The lowest BCUT2D eigenvalue weighted by Gasteiger charge is -2.08. The van der Waals surface area contributed by atoms with E-state index in [0.717, 1.165) is 30.6 Å². The van der Waals surface area contributed by atoms with Crippen molar-refractivity contribution in [2.45, 2.75) is 4.90 Å². The fourth-order valence-corrected chi connectivity index (χ4v) is 2.71. The van der Waals surface area contributed by atoms with Gasteiger partial charge < -0.3 is 0 Å². The van der Waals surface area contributed by atoms with E-state index in [0.29, 0.717) is 0 Å². The molecule has 110 valence electrons. The normalized spacial score (nSPS) is 11.1. The van der Waals surface area contributed by atoms with Crippen LogP contribution in [0.3, 0.4) is 0 Å². The number of nitro groups is 1. The van der Waals surface area contributed by atoms with Crippen molar-refractivity contribution in [2.24, 2.45) is 0 Å². The number of aromatic nitrogens is 2. The van der Waals surface area contributed by atoms with E-state index in [1.165, 1.54) is 0 Å². The maximum absolute atomic E-state index is 12.1. The average molecular weight is 349 g/mol. The van der Waals surface area contributed by atoms with E-state index in [2.05, 4.69) is 14.7 Å². The number of anilines is 1. The number of benzene rings is 1. The lowest BCUT2D eigenvalue weighted by atomic mass is 10.3. The highest BCUT2D eigenvalue weighted by Crippen LogP contribution is 2.27. The Balaban J connectivity index is 2.34. The standard InChI is InChI=1S/C10H6Cl2N4O4S/c11-8-9(12)13-5-14-10(8)15-21(19,20)7-3-1-6(2-4-7)16(17)18/h1-5H,(H,13,14,15). The third kappa shape index (κ3) is 3.38. The van der Waals surface area contributed by atoms with Crippen molar-refractivity contribution in [1.82, 2.24) is 9.97 Å². The molecule has 2 rings (SSSR count). The number of hydrogen-bond acceptors (Lipinski definition) is 6. The zero-order valence-corrected chi connectivity index (χ0v) is 12.4. The van der Waals surface area contributed by atoms with Gasteiger partial charge in [0.05, 0.1) is 9.82 Å². The third-order valence-corrected chi connectivity index (χ3v) is 4.43. The van der Waals surface area contributed by atoms with Gasteiger partial charge in [0.2, 0.25) is 0 Å². The zero-order valence-electron chi connectivity index (χ0n) is 10.0. The van der Waals surface area contributed by atoms with Crippen LogP contribution in [0, 0.1) is 10.1 Å². The number of nitro benzene ring substituents is 1. The number of halogens is 2. The molecule has 0 saturated heterocycles. The minimum Gasteiger partial charge on any atom is -0.262 e. The van der Waals surface area contributed by atoms with Gasteiger partial charge in [-0.25, -0.2) is 18.4 Å². The quantitative estimate of drug-likeness (QED) is 0.515. The van der Waals surface area contributed by atoms with Gasteiger partial charge in [0.25, 0.3) is 15.7 Å². The molecule has 0 spiro atoms. The van der Waals surface area contributed by atoms with Crippen LogP contribution in [0.1, 0.15) is 0 Å². The highest BCUT2D eigenvalue weighted by molar-refractivity contribution is 7.92. The van der Waals surface area contributed by atoms with Gasteiger partial charge in [0.1, 0.15) is 11.3 Å². The second kappa shape index (κ2) is 5.80. The van der Waals surface area contributed by atoms with Crippen LogP contribution in [0.4, 0.5) is 11.5 Å². The van der Waals surface area contributed by atoms with Crippen molar-refractivity contribution >= 4 is 44.7 Å². The van der Waals surface area contributed by atoms with Crippen molar-refractivity contribution in [3.63, 3.8) is 0 Å². The summed E-state index contributed by atoms with van der Waals surface area (Å²) in [6.45, 7) is 0. The average Bonchev–Trinajstić information content (AvgIpc) is 2.44. The van der Waals surface area contributed by atoms with Crippen molar-refractivity contribution in [3.8, 4) is 0 Å². The second-order valence-electron chi connectivity index (χ2n) is 3.68. The summed E-state index contributed by atoms with van der Waals surface area (Å²) in [6, 6.07) is 4.33. The van der Waals surface area contributed by atoms with Gasteiger partial charge in [-0.15, -0.1) is 0 Å². The summed E-state index contributed by atoms with van der Waals surface area (Å²) in [6.07, 6.45) is 1.04. The molecule has 0 aliphatic rings. The summed E-state index contributed by atoms with van der Waals surface area (Å²) in [7, 11) is -4.00. The van der Waals surface area contributed by atoms with Gasteiger partial charge in [0, 0.05) is 12.1 Å². The SMILES string of the molecule is O=[N+]([O-])c1ccc(S(=O)(=O)Nc2ncnc(Cl)c2Cl)cc1. The summed E-state index contributed by atoms with van der Waals surface area (Å²) < 4.78 is 26.3. The largest absolute Gasteiger partial charge is 0.269 e. The van der Waals surface area contributed by atoms with Gasteiger partial charge in [-0.2, -0.15) is 0 Å². The smallest absolute Gasteiger partial charge is 0.262 e. The summed E-state index contributed by atoms with van der Waals surface area (Å²) in [5, 5.41) is 10.3. The van der Waals surface area contributed by atoms with Crippen LogP contribution in [-0.4, -0.2) is 23.3 Å². The van der Waals surface area contributed by atoms with Gasteiger partial charge >= 0.3 is 0 Å². The minimum atomic E-state index is -4.00. The molecule has 0 bridgehead atoms. The lowest BCUT2D eigenvalue weighted by Crippen LogP contribution is -2.14. The molecule has 0 amide bonds. The first-order valence-electron chi connectivity index (χ1n) is 5.24. The van der Waals surface area contributed by atoms with Crippen LogP contribution < -0.4 is 4.72 Å². The van der Waals surface area contributed by atoms with Crippen LogP contribution in [0.15, 0.2) is 35.5 Å². The van der Waals surface area contributed by atoms with E-state index >= 15 is 0 Å². The molecule has 0 atom stereocenters. The molecule has 0 radical (unpaired) electrons. The Morgan fingerprint density at radius 2 is 1.76 bits per heavy atom. The Morgan fingerprint density at radius 3 is 2.33 bits per heavy atom. The van der Waals surface area contributed by atoms with E-state index in [9.17, 15) is 18.5 Å². The summed E-state index contributed by atoms with van der Waals surface area (Å²) in [5.41, 5.74) is -0.225. The second-order valence-corrected chi connectivity index (χ2v) is 6.10. The molecule has 1 N–H and O–H groups in total. The molecule has 1 aromatic heterocycles. The van der Waals surface area contributed by atoms with Gasteiger partial charge in [0.15, 0.2) is 11.0 Å². The van der Waals surface area contributed by atoms with Gasteiger partial charge in [-0.05, 0) is 12.1 Å². The van der Waals surface area contributed by atoms with E-state index in [-0.39, 0.29) is 26.6 Å². The number of sulfonamides is 1. The predicted molar refractivity (Wildman–Crippen MR) is 76.0 cm³/mol. The van der Waals surface area contributed by atoms with E-state index in [4.69, 9.17) is 23.2 Å². The lowest BCUT2D eigenvalue weighted by molar-refractivity contribution is -0.384. The molecule has 1 aromatic carbocycles. The third-order valence-electron chi connectivity index (χ3n) is 2.34. The maximum atomic E-state index is 12.1. The van der Waals surface area contributed by atoms with Crippen LogP contribution >= 0.6 is 23.2 Å². The maximum Gasteiger partial charge on any atom is 0.269 e. The number of hydrogen-bond donors (Lipinski definition) is 1. The van der Waals surface area contributed by atoms with Gasteiger partial charge in [-0.1, -0.05) is 23.2 Å².